The maximum atomic E-state index is 12.0. The van der Waals surface area contributed by atoms with E-state index >= 15 is 0 Å². The summed E-state index contributed by atoms with van der Waals surface area (Å²) in [6.07, 6.45) is 2.37. The Morgan fingerprint density at radius 3 is 3.00 bits per heavy atom. The minimum Gasteiger partial charge on any atom is -0.375 e. The van der Waals surface area contributed by atoms with Gasteiger partial charge in [0.2, 0.25) is 0 Å². The molecule has 0 aliphatic rings. The summed E-state index contributed by atoms with van der Waals surface area (Å²) in [7, 11) is -0.857. The van der Waals surface area contributed by atoms with Crippen LogP contribution < -0.4 is 11.1 Å². The van der Waals surface area contributed by atoms with Gasteiger partial charge < -0.3 is 11.1 Å². The Morgan fingerprint density at radius 1 is 1.55 bits per heavy atom. The van der Waals surface area contributed by atoms with E-state index in [0.29, 0.717) is 23.7 Å². The molecular formula is C13H17N3O2S2. The normalized spacial score (nSPS) is 14.1. The lowest BCUT2D eigenvalue weighted by Crippen LogP contribution is -2.27. The molecule has 2 aromatic rings. The number of thiazole rings is 1. The van der Waals surface area contributed by atoms with E-state index in [9.17, 15) is 9.00 Å². The molecule has 108 valence electrons. The van der Waals surface area contributed by atoms with E-state index in [4.69, 9.17) is 5.73 Å². The summed E-state index contributed by atoms with van der Waals surface area (Å²) in [6, 6.07) is 5.32. The van der Waals surface area contributed by atoms with Crippen LogP contribution in [0.15, 0.2) is 18.2 Å². The molecule has 0 saturated heterocycles. The zero-order valence-corrected chi connectivity index (χ0v) is 13.0. The van der Waals surface area contributed by atoms with E-state index in [2.05, 4.69) is 10.3 Å². The average Bonchev–Trinajstić information content (AvgIpc) is 2.77. The maximum absolute atomic E-state index is 12.0. The Balaban J connectivity index is 1.98. The summed E-state index contributed by atoms with van der Waals surface area (Å²) >= 11 is 1.36. The predicted molar refractivity (Wildman–Crippen MR) is 84.5 cm³/mol. The van der Waals surface area contributed by atoms with Crippen LogP contribution >= 0.6 is 11.3 Å². The fraction of sp³-hybridized carbons (Fsp3) is 0.385. The molecule has 7 heteroatoms. The van der Waals surface area contributed by atoms with Crippen LogP contribution in [-0.2, 0) is 10.8 Å². The third kappa shape index (κ3) is 3.55. The summed E-state index contributed by atoms with van der Waals surface area (Å²) in [5.41, 5.74) is 7.03. The first-order chi connectivity index (χ1) is 9.47. The van der Waals surface area contributed by atoms with Crippen LogP contribution in [0.4, 0.5) is 5.13 Å². The molecule has 3 N–H and O–H groups in total. The number of hydrogen-bond donors (Lipinski definition) is 2. The van der Waals surface area contributed by atoms with Gasteiger partial charge in [-0.3, -0.25) is 9.00 Å². The number of benzene rings is 1. The van der Waals surface area contributed by atoms with Gasteiger partial charge >= 0.3 is 0 Å². The van der Waals surface area contributed by atoms with E-state index in [1.165, 1.54) is 11.3 Å². The molecule has 1 aromatic heterocycles. The second-order valence-corrected chi connectivity index (χ2v) is 7.45. The number of nitrogens with zero attached hydrogens (tertiary/aromatic N) is 1. The number of carbonyl (C=O) groups is 1. The van der Waals surface area contributed by atoms with Crippen LogP contribution in [0, 0.1) is 0 Å². The van der Waals surface area contributed by atoms with Gasteiger partial charge in [-0.15, -0.1) is 0 Å². The lowest BCUT2D eigenvalue weighted by Gasteiger charge is -2.09. The number of nitrogen functional groups attached to an aromatic ring is 1. The van der Waals surface area contributed by atoms with Crippen molar-refractivity contribution in [3.63, 3.8) is 0 Å². The second kappa shape index (κ2) is 6.32. The molecule has 20 heavy (non-hydrogen) atoms. The zero-order valence-electron chi connectivity index (χ0n) is 11.4. The molecule has 2 atom stereocenters. The lowest BCUT2D eigenvalue weighted by molar-refractivity contribution is 0.0953. The van der Waals surface area contributed by atoms with Crippen molar-refractivity contribution in [2.75, 3.05) is 18.5 Å². The molecular weight excluding hydrogens is 294 g/mol. The van der Waals surface area contributed by atoms with Crippen LogP contribution in [0.1, 0.15) is 23.7 Å². The van der Waals surface area contributed by atoms with Crippen molar-refractivity contribution in [2.24, 2.45) is 0 Å². The molecule has 1 aromatic carbocycles. The number of nitrogens with one attached hydrogen (secondary N) is 1. The van der Waals surface area contributed by atoms with Gasteiger partial charge in [0.1, 0.15) is 0 Å². The Morgan fingerprint density at radius 2 is 2.30 bits per heavy atom. The zero-order chi connectivity index (χ0) is 14.7. The molecule has 0 fully saturated rings. The third-order valence-corrected chi connectivity index (χ3v) is 5.29. The van der Waals surface area contributed by atoms with Crippen LogP contribution in [0.2, 0.25) is 0 Å². The number of carbonyl (C=O) groups excluding carboxylic acids is 1. The number of hydrogen-bond acceptors (Lipinski definition) is 5. The number of nitrogens with two attached hydrogens (primary N) is 1. The molecule has 1 heterocycles. The van der Waals surface area contributed by atoms with Gasteiger partial charge in [0.05, 0.1) is 10.2 Å². The quantitative estimate of drug-likeness (QED) is 0.881. The minimum atomic E-state index is -0.857. The summed E-state index contributed by atoms with van der Waals surface area (Å²) in [5.74, 6) is -0.132. The number of rotatable bonds is 5. The van der Waals surface area contributed by atoms with Crippen LogP contribution in [0.5, 0.6) is 0 Å². The van der Waals surface area contributed by atoms with Gasteiger partial charge in [-0.1, -0.05) is 18.3 Å². The maximum Gasteiger partial charge on any atom is 0.251 e. The lowest BCUT2D eigenvalue weighted by atomic mass is 10.2. The van der Waals surface area contributed by atoms with Crippen molar-refractivity contribution in [3.05, 3.63) is 23.8 Å². The van der Waals surface area contributed by atoms with Gasteiger partial charge in [-0.25, -0.2) is 4.98 Å². The molecule has 2 rings (SSSR count). The van der Waals surface area contributed by atoms with Crippen molar-refractivity contribution in [3.8, 4) is 0 Å². The van der Waals surface area contributed by atoms with E-state index in [0.717, 1.165) is 10.2 Å². The van der Waals surface area contributed by atoms with Crippen molar-refractivity contribution < 1.29 is 9.00 Å². The van der Waals surface area contributed by atoms with Crippen molar-refractivity contribution in [2.45, 2.75) is 18.6 Å². The van der Waals surface area contributed by atoms with E-state index in [1.807, 2.05) is 6.92 Å². The summed E-state index contributed by atoms with van der Waals surface area (Å²) in [6.45, 7) is 2.43. The van der Waals surface area contributed by atoms with Crippen LogP contribution in [-0.4, -0.2) is 33.2 Å². The first-order valence-corrected chi connectivity index (χ1v) is 8.67. The molecule has 0 radical (unpaired) electrons. The van der Waals surface area contributed by atoms with E-state index in [-0.39, 0.29) is 11.2 Å². The first-order valence-electron chi connectivity index (χ1n) is 6.24. The second-order valence-electron chi connectivity index (χ2n) is 4.59. The Kier molecular flexibility index (Phi) is 4.72. The van der Waals surface area contributed by atoms with Crippen molar-refractivity contribution in [1.29, 1.82) is 0 Å². The Hall–Kier alpha value is -1.47. The fourth-order valence-corrected chi connectivity index (χ4v) is 2.96. The summed E-state index contributed by atoms with van der Waals surface area (Å²) in [4.78, 5) is 16.2. The summed E-state index contributed by atoms with van der Waals surface area (Å²) in [5, 5.41) is 3.42. The SMILES string of the molecule is CC(CCNC(=O)c1ccc2nc(N)sc2c1)S(C)=O. The topological polar surface area (TPSA) is 85.1 Å². The molecule has 0 aliphatic carbocycles. The summed E-state index contributed by atoms with van der Waals surface area (Å²) < 4.78 is 12.1. The highest BCUT2D eigenvalue weighted by Crippen LogP contribution is 2.24. The highest BCUT2D eigenvalue weighted by atomic mass is 32.2. The van der Waals surface area contributed by atoms with Gasteiger partial charge in [-0.2, -0.15) is 0 Å². The molecule has 0 bridgehead atoms. The monoisotopic (exact) mass is 311 g/mol. The smallest absolute Gasteiger partial charge is 0.251 e. The first kappa shape index (κ1) is 14.9. The van der Waals surface area contributed by atoms with Crippen molar-refractivity contribution in [1.82, 2.24) is 10.3 Å². The van der Waals surface area contributed by atoms with E-state index < -0.39 is 10.8 Å². The van der Waals surface area contributed by atoms with Gasteiger partial charge in [-0.05, 0) is 24.6 Å². The number of aromatic nitrogens is 1. The highest BCUT2D eigenvalue weighted by molar-refractivity contribution is 7.84. The molecule has 0 aliphatic heterocycles. The predicted octanol–water partition coefficient (Wildman–Crippen LogP) is 1.77. The number of fused-ring (bicyclic) bond motifs is 1. The minimum absolute atomic E-state index is 0.0825. The highest BCUT2D eigenvalue weighted by Gasteiger charge is 2.10. The van der Waals surface area contributed by atoms with Crippen LogP contribution in [0.25, 0.3) is 10.2 Å². The number of anilines is 1. The number of amides is 1. The fourth-order valence-electron chi connectivity index (χ4n) is 1.74. The molecule has 5 nitrogen and oxygen atoms in total. The molecule has 2 unspecified atom stereocenters. The van der Waals surface area contributed by atoms with Gasteiger partial charge in [0.25, 0.3) is 5.91 Å². The van der Waals surface area contributed by atoms with Crippen molar-refractivity contribution >= 4 is 43.4 Å². The molecule has 0 spiro atoms. The van der Waals surface area contributed by atoms with Gasteiger partial charge in [0.15, 0.2) is 5.13 Å². The Labute approximate surface area is 124 Å². The average molecular weight is 311 g/mol. The standard InChI is InChI=1S/C13H17N3O2S2/c1-8(20(2)18)5-6-15-12(17)9-3-4-10-11(7-9)19-13(14)16-10/h3-4,7-8H,5-6H2,1-2H3,(H2,14,16)(H,15,17). The van der Waals surface area contributed by atoms with Crippen LogP contribution in [0.3, 0.4) is 0 Å². The third-order valence-electron chi connectivity index (χ3n) is 3.07. The largest absolute Gasteiger partial charge is 0.375 e. The van der Waals surface area contributed by atoms with E-state index in [1.54, 1.807) is 24.5 Å². The molecule has 1 amide bonds. The Bertz CT molecular complexity index is 654. The van der Waals surface area contributed by atoms with Gasteiger partial charge in [0, 0.05) is 34.4 Å². The molecule has 0 saturated carbocycles.